The number of nitrogens with zero attached hydrogens (tertiary/aromatic N) is 2. The Labute approximate surface area is 109 Å². The van der Waals surface area contributed by atoms with Gasteiger partial charge in [-0.05, 0) is 23.1 Å². The van der Waals surface area contributed by atoms with Crippen LogP contribution in [0.1, 0.15) is 11.3 Å². The molecule has 7 heteroatoms. The first-order chi connectivity index (χ1) is 9.13. The third-order valence-electron chi connectivity index (χ3n) is 2.60. The first-order valence-electron chi connectivity index (χ1n) is 5.35. The molecule has 0 amide bonds. The summed E-state index contributed by atoms with van der Waals surface area (Å²) in [6.45, 7) is 0. The fraction of sp³-hybridized carbons (Fsp3) is 0.0833. The fourth-order valence-electron chi connectivity index (χ4n) is 1.70. The number of alkyl halides is 2. The van der Waals surface area contributed by atoms with E-state index in [1.165, 1.54) is 12.3 Å². The van der Waals surface area contributed by atoms with Crippen molar-refractivity contribution in [2.24, 2.45) is 0 Å². The summed E-state index contributed by atoms with van der Waals surface area (Å²) >= 11 is 1.00. The van der Waals surface area contributed by atoms with Crippen molar-refractivity contribution in [3.63, 3.8) is 0 Å². The number of nitrogens with one attached hydrogen (secondary N) is 1. The van der Waals surface area contributed by atoms with Crippen LogP contribution in [0.2, 0.25) is 0 Å². The molecule has 3 aromatic heterocycles. The van der Waals surface area contributed by atoms with E-state index in [2.05, 4.69) is 15.0 Å². The van der Waals surface area contributed by atoms with Crippen molar-refractivity contribution in [1.82, 2.24) is 15.0 Å². The van der Waals surface area contributed by atoms with E-state index in [1.54, 1.807) is 11.4 Å². The van der Waals surface area contributed by atoms with Crippen LogP contribution in [-0.4, -0.2) is 15.0 Å². The number of rotatable bonds is 2. The summed E-state index contributed by atoms with van der Waals surface area (Å²) < 4.78 is 25.1. The number of thiophene rings is 1. The molecule has 96 valence electrons. The lowest BCUT2D eigenvalue weighted by Gasteiger charge is -1.99. The Kier molecular flexibility index (Phi) is 2.83. The highest BCUT2D eigenvalue weighted by molar-refractivity contribution is 7.10. The molecule has 0 spiro atoms. The van der Waals surface area contributed by atoms with Crippen LogP contribution < -0.4 is 5.56 Å². The van der Waals surface area contributed by atoms with Crippen molar-refractivity contribution in [3.8, 4) is 11.1 Å². The number of hydrogen-bond donors (Lipinski definition) is 1. The molecule has 1 N–H and O–H groups in total. The molecule has 3 heterocycles. The zero-order valence-corrected chi connectivity index (χ0v) is 10.2. The average Bonchev–Trinajstić information content (AvgIpc) is 2.88. The Morgan fingerprint density at radius 1 is 1.16 bits per heavy atom. The molecular formula is C12H7F2N3OS. The van der Waals surface area contributed by atoms with Gasteiger partial charge in [-0.1, -0.05) is 0 Å². The molecule has 4 nitrogen and oxygen atoms in total. The minimum Gasteiger partial charge on any atom is -0.304 e. The van der Waals surface area contributed by atoms with Crippen LogP contribution in [0, 0.1) is 0 Å². The second-order valence-corrected chi connectivity index (χ2v) is 4.82. The van der Waals surface area contributed by atoms with Crippen molar-refractivity contribution in [1.29, 1.82) is 0 Å². The van der Waals surface area contributed by atoms with Gasteiger partial charge in [-0.25, -0.2) is 18.7 Å². The molecule has 19 heavy (non-hydrogen) atoms. The van der Waals surface area contributed by atoms with E-state index >= 15 is 0 Å². The molecule has 0 aromatic carbocycles. The van der Waals surface area contributed by atoms with Gasteiger partial charge in [0.05, 0.1) is 11.1 Å². The van der Waals surface area contributed by atoms with Crippen molar-refractivity contribution in [2.75, 3.05) is 0 Å². The van der Waals surface area contributed by atoms with E-state index in [-0.39, 0.29) is 10.4 Å². The first kappa shape index (κ1) is 11.9. The maximum Gasteiger partial charge on any atom is 0.272 e. The lowest BCUT2D eigenvalue weighted by Crippen LogP contribution is -2.05. The molecule has 0 fully saturated rings. The van der Waals surface area contributed by atoms with E-state index in [0.29, 0.717) is 22.3 Å². The monoisotopic (exact) mass is 279 g/mol. The molecule has 0 atom stereocenters. The summed E-state index contributed by atoms with van der Waals surface area (Å²) in [7, 11) is 0. The number of hydrogen-bond acceptors (Lipinski definition) is 4. The lowest BCUT2D eigenvalue weighted by molar-refractivity contribution is 0.155. The summed E-state index contributed by atoms with van der Waals surface area (Å²) in [6.07, 6.45) is 0.213. The van der Waals surface area contributed by atoms with Crippen LogP contribution in [0.25, 0.3) is 22.3 Å². The minimum atomic E-state index is -2.47. The lowest BCUT2D eigenvalue weighted by atomic mass is 10.1. The smallest absolute Gasteiger partial charge is 0.272 e. The highest BCUT2D eigenvalue weighted by Crippen LogP contribution is 2.31. The predicted molar refractivity (Wildman–Crippen MR) is 68.4 cm³/mol. The number of pyridine rings is 1. The van der Waals surface area contributed by atoms with Crippen molar-refractivity contribution in [3.05, 3.63) is 45.1 Å². The van der Waals surface area contributed by atoms with Gasteiger partial charge in [0, 0.05) is 11.8 Å². The Bertz CT molecular complexity index is 797. The van der Waals surface area contributed by atoms with Gasteiger partial charge < -0.3 is 4.98 Å². The maximum atomic E-state index is 12.5. The summed E-state index contributed by atoms with van der Waals surface area (Å²) in [6, 6.07) is 3.14. The maximum absolute atomic E-state index is 12.5. The highest BCUT2D eigenvalue weighted by Gasteiger charge is 2.11. The minimum absolute atomic E-state index is 0.0181. The van der Waals surface area contributed by atoms with Crippen LogP contribution in [-0.2, 0) is 0 Å². The zero-order valence-electron chi connectivity index (χ0n) is 9.43. The summed E-state index contributed by atoms with van der Waals surface area (Å²) in [5.74, 6) is 0. The van der Waals surface area contributed by atoms with Gasteiger partial charge >= 0.3 is 0 Å². The summed E-state index contributed by atoms with van der Waals surface area (Å²) in [4.78, 5) is 21.7. The Morgan fingerprint density at radius 3 is 2.74 bits per heavy atom. The Hall–Kier alpha value is -2.15. The van der Waals surface area contributed by atoms with E-state index in [0.717, 1.165) is 17.5 Å². The number of aromatic amines is 1. The van der Waals surface area contributed by atoms with Crippen LogP contribution in [0.15, 0.2) is 34.7 Å². The van der Waals surface area contributed by atoms with Crippen LogP contribution in [0.3, 0.4) is 0 Å². The SMILES string of the molecule is O=c1cnc2cc(-c3csc(C(F)F)c3)cnc2[nH]1. The van der Waals surface area contributed by atoms with Gasteiger partial charge in [0.25, 0.3) is 12.0 Å². The molecule has 0 unspecified atom stereocenters. The highest BCUT2D eigenvalue weighted by atomic mass is 32.1. The quantitative estimate of drug-likeness (QED) is 0.784. The van der Waals surface area contributed by atoms with E-state index in [9.17, 15) is 13.6 Å². The third-order valence-corrected chi connectivity index (χ3v) is 3.54. The third kappa shape index (κ3) is 2.24. The number of fused-ring (bicyclic) bond motifs is 1. The molecule has 0 aliphatic rings. The normalized spacial score (nSPS) is 11.3. The molecule has 0 saturated heterocycles. The van der Waals surface area contributed by atoms with Gasteiger partial charge in [-0.2, -0.15) is 0 Å². The van der Waals surface area contributed by atoms with Crippen LogP contribution >= 0.6 is 11.3 Å². The molecule has 3 rings (SSSR count). The number of H-pyrrole nitrogens is 1. The molecule has 0 radical (unpaired) electrons. The number of halogens is 2. The topological polar surface area (TPSA) is 58.6 Å². The molecular weight excluding hydrogens is 272 g/mol. The summed E-state index contributed by atoms with van der Waals surface area (Å²) in [5, 5.41) is 1.65. The zero-order chi connectivity index (χ0) is 13.4. The number of aromatic nitrogens is 3. The average molecular weight is 279 g/mol. The van der Waals surface area contributed by atoms with Crippen LogP contribution in [0.4, 0.5) is 8.78 Å². The van der Waals surface area contributed by atoms with Crippen molar-refractivity contribution < 1.29 is 8.78 Å². The van der Waals surface area contributed by atoms with Crippen molar-refractivity contribution >= 4 is 22.5 Å². The molecule has 0 saturated carbocycles. The molecule has 0 bridgehead atoms. The van der Waals surface area contributed by atoms with Gasteiger partial charge in [-0.3, -0.25) is 4.79 Å². The van der Waals surface area contributed by atoms with E-state index in [1.807, 2.05) is 0 Å². The molecule has 3 aromatic rings. The second kappa shape index (κ2) is 4.51. The van der Waals surface area contributed by atoms with E-state index < -0.39 is 6.43 Å². The standard InChI is InChI=1S/C12H7F2N3OS/c13-11(14)9-2-7(5-19-9)6-1-8-12(16-3-6)17-10(18)4-15-8/h1-5,11H,(H,16,17,18). The Morgan fingerprint density at radius 2 is 2.00 bits per heavy atom. The molecule has 0 aliphatic heterocycles. The summed E-state index contributed by atoms with van der Waals surface area (Å²) in [5.41, 5.74) is 1.92. The Balaban J connectivity index is 2.09. The molecule has 0 aliphatic carbocycles. The predicted octanol–water partition coefficient (Wildman–Crippen LogP) is 2.98. The van der Waals surface area contributed by atoms with Gasteiger partial charge in [0.2, 0.25) is 0 Å². The fourth-order valence-corrected chi connectivity index (χ4v) is 2.47. The first-order valence-corrected chi connectivity index (χ1v) is 6.23. The van der Waals surface area contributed by atoms with Crippen LogP contribution in [0.5, 0.6) is 0 Å². The van der Waals surface area contributed by atoms with Gasteiger partial charge in [0.15, 0.2) is 5.65 Å². The van der Waals surface area contributed by atoms with E-state index in [4.69, 9.17) is 0 Å². The largest absolute Gasteiger partial charge is 0.304 e. The second-order valence-electron chi connectivity index (χ2n) is 3.88. The van der Waals surface area contributed by atoms with Crippen molar-refractivity contribution in [2.45, 2.75) is 6.43 Å². The van der Waals surface area contributed by atoms with Gasteiger partial charge in [0.1, 0.15) is 5.52 Å². The van der Waals surface area contributed by atoms with Gasteiger partial charge in [-0.15, -0.1) is 11.3 Å².